The predicted molar refractivity (Wildman–Crippen MR) is 87.1 cm³/mol. The molecule has 0 aliphatic rings. The van der Waals surface area contributed by atoms with E-state index in [0.29, 0.717) is 6.71 Å². The Labute approximate surface area is 121 Å². The van der Waals surface area contributed by atoms with Crippen LogP contribution < -0.4 is 10.9 Å². The van der Waals surface area contributed by atoms with Crippen molar-refractivity contribution in [1.29, 1.82) is 0 Å². The van der Waals surface area contributed by atoms with Crippen molar-refractivity contribution in [2.75, 3.05) is 0 Å². The molecule has 96 valence electrons. The van der Waals surface area contributed by atoms with Crippen molar-refractivity contribution < 1.29 is 0 Å². The van der Waals surface area contributed by atoms with E-state index in [1.54, 1.807) is 5.54 Å². The Balaban J connectivity index is 2.43. The Kier molecular flexibility index (Phi) is 5.29. The van der Waals surface area contributed by atoms with Crippen LogP contribution in [0.4, 0.5) is 0 Å². The standard InChI is InChI=1S/C17H18BCl/c1-2-15-9-6-7-12-17(15)18(13-8-14-19)16-10-4-3-5-11-16/h3-12,14H,2,13H2,1H3. The Morgan fingerprint density at radius 1 is 1.00 bits per heavy atom. The molecule has 2 aromatic rings. The third kappa shape index (κ3) is 3.51. The van der Waals surface area contributed by atoms with Crippen molar-refractivity contribution >= 4 is 29.2 Å². The molecule has 0 radical (unpaired) electrons. The van der Waals surface area contributed by atoms with E-state index in [4.69, 9.17) is 11.6 Å². The summed E-state index contributed by atoms with van der Waals surface area (Å²) < 4.78 is 0. The van der Waals surface area contributed by atoms with Crippen LogP contribution in [-0.4, -0.2) is 6.71 Å². The second-order valence-corrected chi connectivity index (χ2v) is 4.87. The van der Waals surface area contributed by atoms with E-state index in [-0.39, 0.29) is 0 Å². The molecule has 0 saturated carbocycles. The van der Waals surface area contributed by atoms with Gasteiger partial charge in [0.05, 0.1) is 0 Å². The number of allylic oxidation sites excluding steroid dienone is 1. The third-order valence-electron chi connectivity index (χ3n) is 3.47. The van der Waals surface area contributed by atoms with Crippen LogP contribution in [0.1, 0.15) is 12.5 Å². The summed E-state index contributed by atoms with van der Waals surface area (Å²) in [7, 11) is 0. The zero-order valence-corrected chi connectivity index (χ0v) is 12.0. The maximum atomic E-state index is 5.71. The van der Waals surface area contributed by atoms with E-state index in [0.717, 1.165) is 12.7 Å². The van der Waals surface area contributed by atoms with Crippen LogP contribution in [0.2, 0.25) is 6.32 Å². The molecular weight excluding hydrogens is 250 g/mol. The number of halogens is 1. The molecule has 0 bridgehead atoms. The minimum absolute atomic E-state index is 0.382. The topological polar surface area (TPSA) is 0 Å². The van der Waals surface area contributed by atoms with Crippen LogP contribution in [0.25, 0.3) is 0 Å². The second kappa shape index (κ2) is 7.20. The van der Waals surface area contributed by atoms with Crippen LogP contribution >= 0.6 is 11.6 Å². The van der Waals surface area contributed by atoms with Crippen molar-refractivity contribution in [2.24, 2.45) is 0 Å². The summed E-state index contributed by atoms with van der Waals surface area (Å²) in [4.78, 5) is 0. The molecule has 0 unspecified atom stereocenters. The van der Waals surface area contributed by atoms with Crippen LogP contribution in [0.5, 0.6) is 0 Å². The summed E-state index contributed by atoms with van der Waals surface area (Å²) in [5, 5.41) is 0. The molecular formula is C17H18BCl. The molecule has 0 nitrogen and oxygen atoms in total. The lowest BCUT2D eigenvalue weighted by Crippen LogP contribution is -2.43. The van der Waals surface area contributed by atoms with Crippen molar-refractivity contribution in [3.8, 4) is 0 Å². The lowest BCUT2D eigenvalue weighted by atomic mass is 9.38. The number of benzene rings is 2. The number of rotatable bonds is 5. The molecule has 2 aromatic carbocycles. The summed E-state index contributed by atoms with van der Waals surface area (Å²) in [5.41, 5.74) is 5.79. The van der Waals surface area contributed by atoms with Gasteiger partial charge in [-0.1, -0.05) is 95.7 Å². The zero-order valence-electron chi connectivity index (χ0n) is 11.2. The highest BCUT2D eigenvalue weighted by molar-refractivity contribution is 6.85. The van der Waals surface area contributed by atoms with Gasteiger partial charge in [-0.2, -0.15) is 0 Å². The fourth-order valence-corrected chi connectivity index (χ4v) is 2.61. The van der Waals surface area contributed by atoms with Gasteiger partial charge in [0.25, 0.3) is 0 Å². The van der Waals surface area contributed by atoms with E-state index < -0.39 is 0 Å². The number of hydrogen-bond donors (Lipinski definition) is 0. The molecule has 0 aromatic heterocycles. The third-order valence-corrected chi connectivity index (χ3v) is 3.65. The number of hydrogen-bond acceptors (Lipinski definition) is 0. The van der Waals surface area contributed by atoms with Gasteiger partial charge in [0, 0.05) is 0 Å². The van der Waals surface area contributed by atoms with E-state index in [1.165, 1.54) is 16.5 Å². The average molecular weight is 269 g/mol. The molecule has 2 heteroatoms. The molecule has 0 atom stereocenters. The van der Waals surface area contributed by atoms with Crippen LogP contribution in [0.3, 0.4) is 0 Å². The van der Waals surface area contributed by atoms with E-state index >= 15 is 0 Å². The van der Waals surface area contributed by atoms with Crippen molar-refractivity contribution in [2.45, 2.75) is 19.7 Å². The SMILES string of the molecule is CCc1ccccc1B(CC=CCl)c1ccccc1. The molecule has 0 spiro atoms. The smallest absolute Gasteiger partial charge is 0.0933 e. The normalized spacial score (nSPS) is 10.8. The first-order valence-corrected chi connectivity index (χ1v) is 7.18. The Bertz CT molecular complexity index is 534. The van der Waals surface area contributed by atoms with Gasteiger partial charge in [0.15, 0.2) is 0 Å². The largest absolute Gasteiger partial charge is 0.213 e. The molecule has 0 fully saturated rings. The molecule has 0 aliphatic heterocycles. The molecule has 19 heavy (non-hydrogen) atoms. The molecule has 2 rings (SSSR count). The van der Waals surface area contributed by atoms with Gasteiger partial charge in [-0.3, -0.25) is 0 Å². The fraction of sp³-hybridized carbons (Fsp3) is 0.176. The lowest BCUT2D eigenvalue weighted by Gasteiger charge is -2.16. The highest BCUT2D eigenvalue weighted by atomic mass is 35.5. The molecule has 0 N–H and O–H groups in total. The Hall–Kier alpha value is -1.47. The highest BCUT2D eigenvalue weighted by Gasteiger charge is 2.19. The van der Waals surface area contributed by atoms with E-state index in [2.05, 4.69) is 61.5 Å². The monoisotopic (exact) mass is 268 g/mol. The van der Waals surface area contributed by atoms with Gasteiger partial charge in [-0.15, -0.1) is 0 Å². The second-order valence-electron chi connectivity index (χ2n) is 4.61. The first-order chi connectivity index (χ1) is 9.36. The van der Waals surface area contributed by atoms with Crippen LogP contribution in [-0.2, 0) is 6.42 Å². The van der Waals surface area contributed by atoms with Crippen molar-refractivity contribution in [1.82, 2.24) is 0 Å². The Morgan fingerprint density at radius 3 is 2.37 bits per heavy atom. The lowest BCUT2D eigenvalue weighted by molar-refractivity contribution is 1.15. The van der Waals surface area contributed by atoms with Gasteiger partial charge in [0.1, 0.15) is 0 Å². The summed E-state index contributed by atoms with van der Waals surface area (Å²) in [6, 6.07) is 19.3. The summed E-state index contributed by atoms with van der Waals surface area (Å²) >= 11 is 5.71. The summed E-state index contributed by atoms with van der Waals surface area (Å²) in [6.07, 6.45) is 4.03. The summed E-state index contributed by atoms with van der Waals surface area (Å²) in [5.74, 6) is 0. The van der Waals surface area contributed by atoms with Crippen molar-refractivity contribution in [3.63, 3.8) is 0 Å². The number of aryl methyl sites for hydroxylation is 1. The molecule has 0 amide bonds. The van der Waals surface area contributed by atoms with Gasteiger partial charge >= 0.3 is 0 Å². The maximum Gasteiger partial charge on any atom is 0.213 e. The minimum atomic E-state index is 0.382. The minimum Gasteiger partial charge on any atom is -0.0933 e. The molecule has 0 aliphatic carbocycles. The predicted octanol–water partition coefficient (Wildman–Crippen LogP) is 3.61. The molecule has 0 heterocycles. The van der Waals surface area contributed by atoms with Crippen molar-refractivity contribution in [3.05, 3.63) is 71.8 Å². The van der Waals surface area contributed by atoms with Gasteiger partial charge in [-0.05, 0) is 18.3 Å². The van der Waals surface area contributed by atoms with Crippen LogP contribution in [0.15, 0.2) is 66.2 Å². The maximum absolute atomic E-state index is 5.71. The zero-order chi connectivity index (χ0) is 13.5. The quantitative estimate of drug-likeness (QED) is 0.727. The molecule has 0 saturated heterocycles. The van der Waals surface area contributed by atoms with Gasteiger partial charge < -0.3 is 0 Å². The van der Waals surface area contributed by atoms with E-state index in [9.17, 15) is 0 Å². The average Bonchev–Trinajstić information content (AvgIpc) is 2.49. The Morgan fingerprint density at radius 2 is 1.68 bits per heavy atom. The fourth-order valence-electron chi connectivity index (χ4n) is 2.51. The van der Waals surface area contributed by atoms with E-state index in [1.807, 2.05) is 6.08 Å². The summed E-state index contributed by atoms with van der Waals surface area (Å²) in [6.45, 7) is 2.59. The first-order valence-electron chi connectivity index (χ1n) is 6.74. The van der Waals surface area contributed by atoms with Gasteiger partial charge in [-0.25, -0.2) is 0 Å². The highest BCUT2D eigenvalue weighted by Crippen LogP contribution is 2.05. The van der Waals surface area contributed by atoms with Crippen LogP contribution in [0, 0.1) is 0 Å². The first kappa shape index (κ1) is 14.0. The van der Waals surface area contributed by atoms with Gasteiger partial charge in [0.2, 0.25) is 6.71 Å².